The van der Waals surface area contributed by atoms with Gasteiger partial charge in [0.2, 0.25) is 0 Å². The van der Waals surface area contributed by atoms with E-state index in [9.17, 15) is 9.59 Å². The normalized spacial score (nSPS) is 10.4. The maximum Gasteiger partial charge on any atom is 0.349 e. The van der Waals surface area contributed by atoms with E-state index < -0.39 is 11.9 Å². The van der Waals surface area contributed by atoms with Gasteiger partial charge < -0.3 is 14.2 Å². The minimum Gasteiger partial charge on any atom is -0.481 e. The second kappa shape index (κ2) is 8.67. The zero-order valence-corrected chi connectivity index (χ0v) is 15.8. The molecule has 0 saturated heterocycles. The van der Waals surface area contributed by atoms with Gasteiger partial charge in [-0.1, -0.05) is 12.1 Å². The van der Waals surface area contributed by atoms with Gasteiger partial charge in [-0.25, -0.2) is 9.59 Å². The lowest BCUT2D eigenvalue weighted by atomic mass is 10.2. The Balaban J connectivity index is 1.95. The summed E-state index contributed by atoms with van der Waals surface area (Å²) in [5.41, 5.74) is 1.40. The summed E-state index contributed by atoms with van der Waals surface area (Å²) in [5.74, 6) is -0.221. The molecular formula is C19H19BrO5. The Morgan fingerprint density at radius 3 is 2.56 bits per heavy atom. The van der Waals surface area contributed by atoms with E-state index in [1.807, 2.05) is 19.1 Å². The zero-order chi connectivity index (χ0) is 18.4. The molecule has 0 heterocycles. The van der Waals surface area contributed by atoms with Crippen LogP contribution >= 0.6 is 15.9 Å². The molecule has 0 fully saturated rings. The third kappa shape index (κ3) is 5.90. The lowest BCUT2D eigenvalue weighted by Gasteiger charge is -2.10. The van der Waals surface area contributed by atoms with E-state index in [0.29, 0.717) is 11.3 Å². The highest BCUT2D eigenvalue weighted by Crippen LogP contribution is 2.25. The third-order valence-corrected chi connectivity index (χ3v) is 3.70. The van der Waals surface area contributed by atoms with Crippen molar-refractivity contribution in [2.24, 2.45) is 0 Å². The first-order valence-corrected chi connectivity index (χ1v) is 8.55. The van der Waals surface area contributed by atoms with E-state index in [4.69, 9.17) is 14.2 Å². The van der Waals surface area contributed by atoms with Crippen LogP contribution in [0.15, 0.2) is 46.9 Å². The molecule has 2 aromatic carbocycles. The molecule has 0 radical (unpaired) electrons. The number of carbonyl (C=O) groups is 2. The number of hydrogen-bond donors (Lipinski definition) is 0. The lowest BCUT2D eigenvalue weighted by molar-refractivity contribution is -0.136. The maximum atomic E-state index is 11.9. The summed E-state index contributed by atoms with van der Waals surface area (Å²) >= 11 is 3.38. The molecular weight excluding hydrogens is 388 g/mol. The first kappa shape index (κ1) is 19.0. The monoisotopic (exact) mass is 406 g/mol. The van der Waals surface area contributed by atoms with Gasteiger partial charge in [0.05, 0.1) is 16.1 Å². The Morgan fingerprint density at radius 2 is 1.88 bits per heavy atom. The molecule has 0 aliphatic carbocycles. The molecule has 0 spiro atoms. The van der Waals surface area contributed by atoms with Gasteiger partial charge in [-0.05, 0) is 72.6 Å². The van der Waals surface area contributed by atoms with Crippen molar-refractivity contribution in [1.29, 1.82) is 0 Å². The number of esters is 2. The van der Waals surface area contributed by atoms with Gasteiger partial charge in [0.25, 0.3) is 0 Å². The van der Waals surface area contributed by atoms with E-state index in [1.165, 1.54) is 6.07 Å². The standard InChI is InChI=1S/C19H19BrO5/c1-12(2)24-19(22)14-5-4-6-15(10-14)25-18(21)11-23-17-8-7-13(3)9-16(17)20/h4-10,12H,11H2,1-3H3. The minimum atomic E-state index is -0.568. The molecule has 2 aromatic rings. The van der Waals surface area contributed by atoms with Crippen LogP contribution in [0.4, 0.5) is 0 Å². The van der Waals surface area contributed by atoms with Crippen molar-refractivity contribution >= 4 is 27.9 Å². The first-order valence-electron chi connectivity index (χ1n) is 7.76. The molecule has 2 rings (SSSR count). The van der Waals surface area contributed by atoms with Crippen molar-refractivity contribution in [3.8, 4) is 11.5 Å². The molecule has 25 heavy (non-hydrogen) atoms. The maximum absolute atomic E-state index is 11.9. The fraction of sp³-hybridized carbons (Fsp3) is 0.263. The molecule has 0 amide bonds. The van der Waals surface area contributed by atoms with Crippen LogP contribution in [0.2, 0.25) is 0 Å². The van der Waals surface area contributed by atoms with E-state index >= 15 is 0 Å². The second-order valence-corrected chi connectivity index (χ2v) is 6.53. The van der Waals surface area contributed by atoms with Crippen LogP contribution in [0.1, 0.15) is 29.8 Å². The number of benzene rings is 2. The SMILES string of the molecule is Cc1ccc(OCC(=O)Oc2cccc(C(=O)OC(C)C)c2)c(Br)c1. The summed E-state index contributed by atoms with van der Waals surface area (Å²) in [6.07, 6.45) is -0.222. The van der Waals surface area contributed by atoms with Gasteiger partial charge in [0, 0.05) is 0 Å². The quantitative estimate of drug-likeness (QED) is 0.528. The fourth-order valence-electron chi connectivity index (χ4n) is 1.99. The topological polar surface area (TPSA) is 61.8 Å². The fourth-order valence-corrected chi connectivity index (χ4v) is 2.60. The van der Waals surface area contributed by atoms with Crippen LogP contribution in [0.3, 0.4) is 0 Å². The Labute approximate surface area is 155 Å². The Kier molecular flexibility index (Phi) is 6.58. The van der Waals surface area contributed by atoms with Gasteiger partial charge >= 0.3 is 11.9 Å². The van der Waals surface area contributed by atoms with Crippen molar-refractivity contribution in [3.05, 3.63) is 58.1 Å². The summed E-state index contributed by atoms with van der Waals surface area (Å²) in [6.45, 7) is 5.24. The largest absolute Gasteiger partial charge is 0.481 e. The number of carbonyl (C=O) groups excluding carboxylic acids is 2. The van der Waals surface area contributed by atoms with E-state index in [2.05, 4.69) is 15.9 Å². The lowest BCUT2D eigenvalue weighted by Crippen LogP contribution is -2.18. The van der Waals surface area contributed by atoms with Crippen LogP contribution in [0.25, 0.3) is 0 Å². The van der Waals surface area contributed by atoms with Gasteiger partial charge in [0.15, 0.2) is 6.61 Å². The number of rotatable bonds is 6. The molecule has 6 heteroatoms. The summed E-state index contributed by atoms with van der Waals surface area (Å²) in [5, 5.41) is 0. The molecule has 0 aliphatic rings. The molecule has 0 aromatic heterocycles. The van der Waals surface area contributed by atoms with Crippen molar-refractivity contribution in [2.45, 2.75) is 26.9 Å². The highest BCUT2D eigenvalue weighted by atomic mass is 79.9. The van der Waals surface area contributed by atoms with Gasteiger partial charge in [-0.2, -0.15) is 0 Å². The van der Waals surface area contributed by atoms with Crippen molar-refractivity contribution in [2.75, 3.05) is 6.61 Å². The number of hydrogen-bond acceptors (Lipinski definition) is 5. The van der Waals surface area contributed by atoms with Crippen molar-refractivity contribution < 1.29 is 23.8 Å². The molecule has 0 saturated carbocycles. The molecule has 0 atom stereocenters. The Bertz CT molecular complexity index is 770. The van der Waals surface area contributed by atoms with Crippen LogP contribution < -0.4 is 9.47 Å². The van der Waals surface area contributed by atoms with Crippen LogP contribution in [-0.4, -0.2) is 24.6 Å². The second-order valence-electron chi connectivity index (χ2n) is 5.68. The van der Waals surface area contributed by atoms with Crippen LogP contribution in [-0.2, 0) is 9.53 Å². The van der Waals surface area contributed by atoms with Crippen LogP contribution in [0, 0.1) is 6.92 Å². The number of ether oxygens (including phenoxy) is 3. The average Bonchev–Trinajstić information content (AvgIpc) is 2.53. The highest BCUT2D eigenvalue weighted by Gasteiger charge is 2.12. The summed E-state index contributed by atoms with van der Waals surface area (Å²) in [4.78, 5) is 23.8. The van der Waals surface area contributed by atoms with E-state index in [-0.39, 0.29) is 18.5 Å². The smallest absolute Gasteiger partial charge is 0.349 e. The predicted molar refractivity (Wildman–Crippen MR) is 97.0 cm³/mol. The summed E-state index contributed by atoms with van der Waals surface area (Å²) in [7, 11) is 0. The van der Waals surface area contributed by atoms with E-state index in [0.717, 1.165) is 10.0 Å². The first-order chi connectivity index (χ1) is 11.8. The average molecular weight is 407 g/mol. The van der Waals surface area contributed by atoms with Gasteiger partial charge in [-0.15, -0.1) is 0 Å². The molecule has 0 aliphatic heterocycles. The number of aryl methyl sites for hydroxylation is 1. The summed E-state index contributed by atoms with van der Waals surface area (Å²) in [6, 6.07) is 11.8. The Morgan fingerprint density at radius 1 is 1.12 bits per heavy atom. The molecule has 0 bridgehead atoms. The van der Waals surface area contributed by atoms with Gasteiger partial charge in [0.1, 0.15) is 11.5 Å². The third-order valence-electron chi connectivity index (χ3n) is 3.08. The van der Waals surface area contributed by atoms with Crippen molar-refractivity contribution in [3.63, 3.8) is 0 Å². The zero-order valence-electron chi connectivity index (χ0n) is 14.2. The molecule has 132 valence electrons. The van der Waals surface area contributed by atoms with Crippen LogP contribution in [0.5, 0.6) is 11.5 Å². The predicted octanol–water partition coefficient (Wildman–Crippen LogP) is 4.31. The van der Waals surface area contributed by atoms with E-state index in [1.54, 1.807) is 38.1 Å². The molecule has 5 nitrogen and oxygen atoms in total. The molecule has 0 unspecified atom stereocenters. The minimum absolute atomic E-state index is 0.222. The van der Waals surface area contributed by atoms with Gasteiger partial charge in [-0.3, -0.25) is 0 Å². The highest BCUT2D eigenvalue weighted by molar-refractivity contribution is 9.10. The summed E-state index contributed by atoms with van der Waals surface area (Å²) < 4.78 is 16.5. The van der Waals surface area contributed by atoms with Crippen molar-refractivity contribution in [1.82, 2.24) is 0 Å². The number of halogens is 1. The Hall–Kier alpha value is -2.34. The molecule has 0 N–H and O–H groups in total.